The van der Waals surface area contributed by atoms with Gasteiger partial charge in [-0.2, -0.15) is 0 Å². The summed E-state index contributed by atoms with van der Waals surface area (Å²) in [5.41, 5.74) is 0.805. The van der Waals surface area contributed by atoms with Crippen molar-refractivity contribution < 1.29 is 38.6 Å². The van der Waals surface area contributed by atoms with E-state index in [1.54, 1.807) is 77.9 Å². The predicted octanol–water partition coefficient (Wildman–Crippen LogP) is 3.33. The fourth-order valence-electron chi connectivity index (χ4n) is 3.41. The van der Waals surface area contributed by atoms with E-state index >= 15 is 0 Å². The van der Waals surface area contributed by atoms with Crippen LogP contribution in [0.4, 0.5) is 10.5 Å². The minimum atomic E-state index is -1.15. The van der Waals surface area contributed by atoms with E-state index in [9.17, 15) is 29.1 Å². The first-order valence-electron chi connectivity index (χ1n) is 13.7. The van der Waals surface area contributed by atoms with Crippen LogP contribution in [-0.2, 0) is 23.9 Å². The van der Waals surface area contributed by atoms with Gasteiger partial charge in [0.2, 0.25) is 5.91 Å². The number of carbonyl (C=O) groups excluding carboxylic acids is 5. The molecule has 0 heterocycles. The first kappa shape index (κ1) is 34.5. The van der Waals surface area contributed by atoms with Crippen LogP contribution in [0.3, 0.4) is 0 Å². The summed E-state index contributed by atoms with van der Waals surface area (Å²) in [6, 6.07) is 12.1. The molecule has 11 heteroatoms. The maximum atomic E-state index is 12.7. The van der Waals surface area contributed by atoms with E-state index in [4.69, 9.17) is 9.47 Å². The van der Waals surface area contributed by atoms with Gasteiger partial charge in [0.15, 0.2) is 5.78 Å². The predicted molar refractivity (Wildman–Crippen MR) is 160 cm³/mol. The van der Waals surface area contributed by atoms with Gasteiger partial charge in [-0.05, 0) is 90.1 Å². The molecule has 1 atom stereocenters. The highest BCUT2D eigenvalue weighted by atomic mass is 16.6. The zero-order valence-corrected chi connectivity index (χ0v) is 25.3. The number of ether oxygens (including phenoxy) is 2. The number of amides is 3. The van der Waals surface area contributed by atoms with Gasteiger partial charge in [-0.15, -0.1) is 0 Å². The fourth-order valence-corrected chi connectivity index (χ4v) is 3.41. The standard InChI is InChI=1S/C32H39N3O8/c1-31(2,3)42-28(39)18-17-27(38)34-24-15-11-22(12-16-24)8-7-21-9-13-23(14-10-21)29(40)35-25(26(37)20-36)19-33-30(41)43-32(4,5)6/h9-16,25,36H,17-20H2,1-6H3,(H,33,41)(H,34,38)(H,35,40)/t25-/m0/s1. The number of nitrogens with one attached hydrogen (secondary N) is 3. The molecule has 0 saturated carbocycles. The normalized spacial score (nSPS) is 11.7. The van der Waals surface area contributed by atoms with Crippen LogP contribution in [0, 0.1) is 11.8 Å². The molecule has 230 valence electrons. The van der Waals surface area contributed by atoms with Crippen molar-refractivity contribution in [2.24, 2.45) is 0 Å². The molecule has 0 bridgehead atoms. The van der Waals surface area contributed by atoms with Gasteiger partial charge >= 0.3 is 12.1 Å². The number of esters is 1. The van der Waals surface area contributed by atoms with Crippen molar-refractivity contribution in [3.8, 4) is 11.8 Å². The zero-order valence-electron chi connectivity index (χ0n) is 25.3. The van der Waals surface area contributed by atoms with E-state index in [1.165, 1.54) is 12.1 Å². The molecule has 0 fully saturated rings. The maximum absolute atomic E-state index is 12.7. The third-order valence-corrected chi connectivity index (χ3v) is 5.34. The number of anilines is 1. The first-order chi connectivity index (χ1) is 20.0. The Morgan fingerprint density at radius 1 is 0.791 bits per heavy atom. The highest BCUT2D eigenvalue weighted by molar-refractivity contribution is 5.98. The van der Waals surface area contributed by atoms with E-state index in [1.807, 2.05) is 0 Å². The maximum Gasteiger partial charge on any atom is 0.407 e. The number of rotatable bonds is 10. The summed E-state index contributed by atoms with van der Waals surface area (Å²) in [5, 5.41) is 16.9. The smallest absolute Gasteiger partial charge is 0.407 e. The molecule has 0 aliphatic carbocycles. The van der Waals surface area contributed by atoms with E-state index in [2.05, 4.69) is 27.8 Å². The van der Waals surface area contributed by atoms with Gasteiger partial charge in [-0.3, -0.25) is 19.2 Å². The van der Waals surface area contributed by atoms with Gasteiger partial charge in [0, 0.05) is 35.3 Å². The summed E-state index contributed by atoms with van der Waals surface area (Å²) < 4.78 is 10.3. The highest BCUT2D eigenvalue weighted by Crippen LogP contribution is 2.13. The van der Waals surface area contributed by atoms with Gasteiger partial charge in [0.05, 0.1) is 6.42 Å². The van der Waals surface area contributed by atoms with Crippen molar-refractivity contribution >= 4 is 35.3 Å². The summed E-state index contributed by atoms with van der Waals surface area (Å²) >= 11 is 0. The van der Waals surface area contributed by atoms with Gasteiger partial charge in [-0.25, -0.2) is 4.79 Å². The molecular weight excluding hydrogens is 554 g/mol. The molecule has 0 saturated heterocycles. The quantitative estimate of drug-likeness (QED) is 0.241. The molecule has 2 rings (SSSR count). The molecule has 0 aliphatic rings. The molecule has 43 heavy (non-hydrogen) atoms. The van der Waals surface area contributed by atoms with Crippen molar-refractivity contribution in [3.63, 3.8) is 0 Å². The molecule has 3 amide bonds. The number of aliphatic hydroxyl groups is 1. The Labute approximate surface area is 251 Å². The van der Waals surface area contributed by atoms with Crippen LogP contribution in [-0.4, -0.2) is 65.2 Å². The number of aliphatic hydroxyl groups excluding tert-OH is 1. The Morgan fingerprint density at radius 2 is 1.33 bits per heavy atom. The zero-order chi connectivity index (χ0) is 32.2. The topological polar surface area (TPSA) is 160 Å². The highest BCUT2D eigenvalue weighted by Gasteiger charge is 2.23. The Hall–Kier alpha value is -4.69. The van der Waals surface area contributed by atoms with E-state index in [0.29, 0.717) is 16.8 Å². The first-order valence-corrected chi connectivity index (χ1v) is 13.7. The molecular formula is C32H39N3O8. The van der Waals surface area contributed by atoms with Crippen molar-refractivity contribution in [2.45, 2.75) is 71.6 Å². The second-order valence-corrected chi connectivity index (χ2v) is 11.6. The molecule has 11 nitrogen and oxygen atoms in total. The lowest BCUT2D eigenvalue weighted by molar-refractivity contribution is -0.155. The molecule has 4 N–H and O–H groups in total. The third-order valence-electron chi connectivity index (χ3n) is 5.34. The molecule has 2 aromatic rings. The molecule has 0 aliphatic heterocycles. The molecule has 0 unspecified atom stereocenters. The van der Waals surface area contributed by atoms with E-state index in [0.717, 1.165) is 0 Å². The van der Waals surface area contributed by atoms with E-state index < -0.39 is 47.6 Å². The summed E-state index contributed by atoms with van der Waals surface area (Å²) in [4.78, 5) is 60.6. The average molecular weight is 594 g/mol. The SMILES string of the molecule is CC(C)(C)OC(=O)CCC(=O)Nc1ccc(C#Cc2ccc(C(=O)N[C@@H](CNC(=O)OC(C)(C)C)C(=O)CO)cc2)cc1. The number of carbonyl (C=O) groups is 5. The fraction of sp³-hybridized carbons (Fsp3) is 0.406. The summed E-state index contributed by atoms with van der Waals surface area (Å²) in [7, 11) is 0. The van der Waals surface area contributed by atoms with Crippen LogP contribution in [0.5, 0.6) is 0 Å². The number of hydrogen-bond donors (Lipinski definition) is 4. The van der Waals surface area contributed by atoms with Gasteiger partial charge in [0.25, 0.3) is 5.91 Å². The number of ketones is 1. The Bertz CT molecular complexity index is 1360. The molecule has 0 spiro atoms. The van der Waals surface area contributed by atoms with Crippen LogP contribution >= 0.6 is 0 Å². The van der Waals surface area contributed by atoms with Crippen molar-refractivity contribution in [3.05, 3.63) is 65.2 Å². The van der Waals surface area contributed by atoms with Crippen LogP contribution in [0.25, 0.3) is 0 Å². The number of Topliss-reactive ketones (excluding diaryl/α,β-unsaturated/α-hetero) is 1. The Morgan fingerprint density at radius 3 is 1.84 bits per heavy atom. The summed E-state index contributed by atoms with van der Waals surface area (Å²) in [6.07, 6.45) is -0.763. The minimum absolute atomic E-state index is 0.00581. The molecule has 0 aromatic heterocycles. The molecule has 0 radical (unpaired) electrons. The van der Waals surface area contributed by atoms with Crippen molar-refractivity contribution in [2.75, 3.05) is 18.5 Å². The van der Waals surface area contributed by atoms with Gasteiger partial charge in [0.1, 0.15) is 23.9 Å². The second kappa shape index (κ2) is 15.5. The number of hydrogen-bond acceptors (Lipinski definition) is 8. The van der Waals surface area contributed by atoms with Crippen LogP contribution in [0.15, 0.2) is 48.5 Å². The third kappa shape index (κ3) is 13.7. The Kier molecular flexibility index (Phi) is 12.5. The molecule has 2 aromatic carbocycles. The van der Waals surface area contributed by atoms with Gasteiger partial charge in [-0.1, -0.05) is 11.8 Å². The summed E-state index contributed by atoms with van der Waals surface area (Å²) in [5.74, 6) is 4.01. The lowest BCUT2D eigenvalue weighted by Crippen LogP contribution is -2.50. The van der Waals surface area contributed by atoms with Crippen molar-refractivity contribution in [1.29, 1.82) is 0 Å². The number of alkyl carbamates (subject to hydrolysis) is 1. The van der Waals surface area contributed by atoms with Crippen LogP contribution in [0.1, 0.15) is 75.9 Å². The Balaban J connectivity index is 1.92. The minimum Gasteiger partial charge on any atom is -0.460 e. The average Bonchev–Trinajstić information content (AvgIpc) is 2.91. The summed E-state index contributed by atoms with van der Waals surface area (Å²) in [6.45, 7) is 9.31. The lowest BCUT2D eigenvalue weighted by Gasteiger charge is -2.22. The number of benzene rings is 2. The van der Waals surface area contributed by atoms with Crippen LogP contribution in [0.2, 0.25) is 0 Å². The monoisotopic (exact) mass is 593 g/mol. The second-order valence-electron chi connectivity index (χ2n) is 11.6. The largest absolute Gasteiger partial charge is 0.460 e. The van der Waals surface area contributed by atoms with Gasteiger partial charge < -0.3 is 30.5 Å². The van der Waals surface area contributed by atoms with Crippen molar-refractivity contribution in [1.82, 2.24) is 10.6 Å². The van der Waals surface area contributed by atoms with Crippen LogP contribution < -0.4 is 16.0 Å². The lowest BCUT2D eigenvalue weighted by atomic mass is 10.1. The van der Waals surface area contributed by atoms with E-state index in [-0.39, 0.29) is 30.9 Å².